The van der Waals surface area contributed by atoms with Gasteiger partial charge in [-0.05, 0) is 0 Å². The molecule has 0 aliphatic rings. The molecule has 0 aliphatic carbocycles. The third-order valence-corrected chi connectivity index (χ3v) is 0. The summed E-state index contributed by atoms with van der Waals surface area (Å²) in [4.78, 5) is 129. The van der Waals surface area contributed by atoms with E-state index >= 15 is 0 Å². The first-order valence-corrected chi connectivity index (χ1v) is 14.1. The van der Waals surface area contributed by atoms with E-state index in [1.54, 1.807) is 0 Å². The Hall–Kier alpha value is 1.92. The minimum atomic E-state index is -4.64. The molecule has 0 fully saturated rings. The SMILES string of the molecule is O=P(O)(O)O.O=P(O)(O)O.O=P(O)(O)O.O=P(O)(O)O.O=P(O)(O)O.O=P(O)(O)O.[Ca]. The van der Waals surface area contributed by atoms with E-state index in [9.17, 15) is 0 Å². The first-order valence-electron chi connectivity index (χ1n) is 4.70. The average molecular weight is 628 g/mol. The average Bonchev–Trinajstić information content (AvgIpc) is 1.94. The normalized spacial score (nSPS) is 11.4. The molecule has 0 aromatic heterocycles. The van der Waals surface area contributed by atoms with Crippen molar-refractivity contribution in [3.63, 3.8) is 0 Å². The molecule has 24 nitrogen and oxygen atoms in total. The molecule has 0 aliphatic heterocycles. The maximum absolute atomic E-state index is 8.88. The van der Waals surface area contributed by atoms with Gasteiger partial charge in [0.1, 0.15) is 0 Å². The fraction of sp³-hybridized carbons (Fsp3) is 0. The van der Waals surface area contributed by atoms with Crippen molar-refractivity contribution >= 4 is 84.7 Å². The molecule has 0 unspecified atom stereocenters. The van der Waals surface area contributed by atoms with Crippen molar-refractivity contribution < 1.29 is 115 Å². The van der Waals surface area contributed by atoms with Crippen LogP contribution in [-0.2, 0) is 27.4 Å². The van der Waals surface area contributed by atoms with Gasteiger partial charge in [0.25, 0.3) is 0 Å². The largest absolute Gasteiger partial charge is 0.466 e. The van der Waals surface area contributed by atoms with Crippen molar-refractivity contribution in [2.45, 2.75) is 0 Å². The first kappa shape index (κ1) is 49.9. The summed E-state index contributed by atoms with van der Waals surface area (Å²) < 4.78 is 53.3. The molecule has 0 spiro atoms. The zero-order chi connectivity index (χ0) is 27.0. The Morgan fingerprint density at radius 3 is 0.226 bits per heavy atom. The summed E-state index contributed by atoms with van der Waals surface area (Å²) in [6.45, 7) is 0. The fourth-order valence-electron chi connectivity index (χ4n) is 0. The van der Waals surface area contributed by atoms with Crippen LogP contribution < -0.4 is 0 Å². The maximum Gasteiger partial charge on any atom is 0.466 e. The van der Waals surface area contributed by atoms with E-state index in [2.05, 4.69) is 0 Å². The van der Waals surface area contributed by atoms with Gasteiger partial charge in [-0.1, -0.05) is 0 Å². The molecule has 2 radical (unpaired) electrons. The van der Waals surface area contributed by atoms with Crippen LogP contribution in [0.15, 0.2) is 0 Å². The zero-order valence-corrected chi connectivity index (χ0v) is 21.5. The standard InChI is InChI=1S/Ca.6H3O4P/c;6*1-5(2,3)4/h;6*(H3,1,2,3,4). The van der Waals surface area contributed by atoms with Gasteiger partial charge in [0, 0.05) is 37.7 Å². The molecule has 0 bridgehead atoms. The smallest absolute Gasteiger partial charge is 0.303 e. The number of phosphoric acid groups is 6. The van der Waals surface area contributed by atoms with E-state index in [4.69, 9.17) is 115 Å². The molecule has 0 atom stereocenters. The van der Waals surface area contributed by atoms with E-state index in [-0.39, 0.29) is 37.7 Å². The summed E-state index contributed by atoms with van der Waals surface area (Å²) in [7, 11) is -27.8. The first-order chi connectivity index (χ1) is 12.0. The number of rotatable bonds is 0. The molecule has 18 N–H and O–H groups in total. The van der Waals surface area contributed by atoms with Gasteiger partial charge in [-0.25, -0.2) is 27.4 Å². The van der Waals surface area contributed by atoms with Crippen LogP contribution in [0.25, 0.3) is 0 Å². The Morgan fingerprint density at radius 2 is 0.226 bits per heavy atom. The van der Waals surface area contributed by atoms with Crippen molar-refractivity contribution in [2.24, 2.45) is 0 Å². The molecule has 31 heavy (non-hydrogen) atoms. The monoisotopic (exact) mass is 628 g/mol. The Morgan fingerprint density at radius 1 is 0.226 bits per heavy atom. The Labute approximate surface area is 199 Å². The van der Waals surface area contributed by atoms with Gasteiger partial charge in [0.2, 0.25) is 0 Å². The van der Waals surface area contributed by atoms with Crippen LogP contribution in [0.1, 0.15) is 0 Å². The fourth-order valence-corrected chi connectivity index (χ4v) is 0. The van der Waals surface area contributed by atoms with Gasteiger partial charge in [0.05, 0.1) is 0 Å². The van der Waals surface area contributed by atoms with E-state index in [1.165, 1.54) is 0 Å². The molecule has 31 heteroatoms. The predicted octanol–water partition coefficient (Wildman–Crippen LogP) is -5.95. The van der Waals surface area contributed by atoms with Crippen molar-refractivity contribution in [3.8, 4) is 0 Å². The molecular weight excluding hydrogens is 610 g/mol. The van der Waals surface area contributed by atoms with Crippen molar-refractivity contribution in [1.29, 1.82) is 0 Å². The summed E-state index contributed by atoms with van der Waals surface area (Å²) in [5.74, 6) is 0. The molecule has 0 amide bonds. The van der Waals surface area contributed by atoms with Gasteiger partial charge < -0.3 is 88.1 Å². The molecule has 0 rings (SSSR count). The molecule has 0 heterocycles. The topological polar surface area (TPSA) is 467 Å². The van der Waals surface area contributed by atoms with Gasteiger partial charge in [-0.15, -0.1) is 0 Å². The van der Waals surface area contributed by atoms with Crippen molar-refractivity contribution in [1.82, 2.24) is 0 Å². The second-order valence-corrected chi connectivity index (χ2v) is 9.24. The Bertz CT molecular complexity index is 460. The number of hydrogen-bond donors (Lipinski definition) is 18. The van der Waals surface area contributed by atoms with Crippen LogP contribution in [0.3, 0.4) is 0 Å². The van der Waals surface area contributed by atoms with Gasteiger partial charge >= 0.3 is 46.9 Å². The van der Waals surface area contributed by atoms with Crippen LogP contribution in [-0.4, -0.2) is 126 Å². The van der Waals surface area contributed by atoms with Gasteiger partial charge in [-0.3, -0.25) is 0 Å². The van der Waals surface area contributed by atoms with Gasteiger partial charge in [0.15, 0.2) is 0 Å². The van der Waals surface area contributed by atoms with Crippen LogP contribution in [0.5, 0.6) is 0 Å². The summed E-state index contributed by atoms with van der Waals surface area (Å²) in [6.07, 6.45) is 0. The summed E-state index contributed by atoms with van der Waals surface area (Å²) in [5.41, 5.74) is 0. The van der Waals surface area contributed by atoms with Crippen molar-refractivity contribution in [2.75, 3.05) is 0 Å². The van der Waals surface area contributed by atoms with Crippen molar-refractivity contribution in [3.05, 3.63) is 0 Å². The van der Waals surface area contributed by atoms with Crippen LogP contribution in [0.4, 0.5) is 0 Å². The second-order valence-electron chi connectivity index (χ2n) is 3.08. The van der Waals surface area contributed by atoms with E-state index in [1.807, 2.05) is 0 Å². The predicted molar refractivity (Wildman–Crippen MR) is 91.3 cm³/mol. The van der Waals surface area contributed by atoms with Crippen LogP contribution in [0.2, 0.25) is 0 Å². The molecule has 0 saturated carbocycles. The quantitative estimate of drug-likeness (QED) is 0.0876. The van der Waals surface area contributed by atoms with Crippen LogP contribution in [0, 0.1) is 0 Å². The third-order valence-electron chi connectivity index (χ3n) is 0. The minimum absolute atomic E-state index is 0. The minimum Gasteiger partial charge on any atom is -0.303 e. The second kappa shape index (κ2) is 21.2. The van der Waals surface area contributed by atoms with Gasteiger partial charge in [-0.2, -0.15) is 0 Å². The van der Waals surface area contributed by atoms with E-state index < -0.39 is 46.9 Å². The summed E-state index contributed by atoms with van der Waals surface area (Å²) >= 11 is 0. The molecule has 0 saturated heterocycles. The molecular formula is H18CaO24P6. The zero-order valence-electron chi connectivity index (χ0n) is 13.9. The maximum atomic E-state index is 8.88. The third kappa shape index (κ3) is 7750. The molecule has 0 aromatic rings. The molecule has 0 aromatic carbocycles. The Kier molecular flexibility index (Phi) is 34.2. The number of hydrogen-bond acceptors (Lipinski definition) is 6. The Balaban J connectivity index is -0.0000000443. The van der Waals surface area contributed by atoms with E-state index in [0.717, 1.165) is 0 Å². The molecule has 194 valence electrons. The summed E-state index contributed by atoms with van der Waals surface area (Å²) in [5, 5.41) is 0. The van der Waals surface area contributed by atoms with E-state index in [0.29, 0.717) is 0 Å². The van der Waals surface area contributed by atoms with Crippen LogP contribution >= 0.6 is 46.9 Å². The summed E-state index contributed by atoms with van der Waals surface area (Å²) in [6, 6.07) is 0.